The van der Waals surface area contributed by atoms with Crippen LogP contribution in [0.25, 0.3) is 0 Å². The molecule has 1 aromatic carbocycles. The SMILES string of the molecule is Cc1cccc(C=NP)c1O.[Cl][Zr][Cl]. The summed E-state index contributed by atoms with van der Waals surface area (Å²) < 4.78 is 3.74. The number of aromatic hydroxyl groups is 1. The number of para-hydroxylation sites is 1. The van der Waals surface area contributed by atoms with Crippen molar-refractivity contribution in [2.75, 3.05) is 0 Å². The van der Waals surface area contributed by atoms with Crippen LogP contribution in [-0.2, 0) is 20.8 Å². The molecule has 0 fully saturated rings. The molecule has 0 spiro atoms. The molecule has 1 aromatic rings. The summed E-state index contributed by atoms with van der Waals surface area (Å²) in [5.74, 6) is 0.304. The maximum atomic E-state index is 9.43. The van der Waals surface area contributed by atoms with E-state index in [-0.39, 0.29) is 0 Å². The molecule has 0 saturated carbocycles. The van der Waals surface area contributed by atoms with Crippen molar-refractivity contribution >= 4 is 32.6 Å². The van der Waals surface area contributed by atoms with Gasteiger partial charge in [0.1, 0.15) is 5.75 Å². The van der Waals surface area contributed by atoms with Crippen LogP contribution in [0.4, 0.5) is 0 Å². The Morgan fingerprint density at radius 1 is 1.50 bits per heavy atom. The maximum absolute atomic E-state index is 9.43. The van der Waals surface area contributed by atoms with Gasteiger partial charge in [-0.2, -0.15) is 0 Å². The predicted octanol–water partition coefficient (Wildman–Crippen LogP) is 3.29. The van der Waals surface area contributed by atoms with Gasteiger partial charge in [0, 0.05) is 11.8 Å². The zero-order chi connectivity index (χ0) is 11.0. The predicted molar refractivity (Wildman–Crippen MR) is 61.9 cm³/mol. The van der Waals surface area contributed by atoms with E-state index >= 15 is 0 Å². The third-order valence-electron chi connectivity index (χ3n) is 1.48. The summed E-state index contributed by atoms with van der Waals surface area (Å²) in [6.07, 6.45) is 1.60. The van der Waals surface area contributed by atoms with Crippen LogP contribution >= 0.6 is 26.4 Å². The molecule has 0 aliphatic carbocycles. The third-order valence-corrected chi connectivity index (χ3v) is 1.63. The molecule has 0 bridgehead atoms. The van der Waals surface area contributed by atoms with Crippen LogP contribution < -0.4 is 0 Å². The molecule has 0 aromatic heterocycles. The molecule has 0 saturated heterocycles. The van der Waals surface area contributed by atoms with Crippen molar-refractivity contribution in [1.29, 1.82) is 0 Å². The fraction of sp³-hybridized carbons (Fsp3) is 0.125. The Balaban J connectivity index is 0.000000500. The summed E-state index contributed by atoms with van der Waals surface area (Å²) >= 11 is -0.826. The first-order chi connectivity index (χ1) is 6.67. The normalized spacial score (nSPS) is 9.43. The number of rotatable bonds is 1. The van der Waals surface area contributed by atoms with Crippen LogP contribution in [0.2, 0.25) is 0 Å². The summed E-state index contributed by atoms with van der Waals surface area (Å²) in [6, 6.07) is 5.56. The van der Waals surface area contributed by atoms with Crippen LogP contribution in [0.5, 0.6) is 5.75 Å². The van der Waals surface area contributed by atoms with E-state index in [1.807, 2.05) is 25.1 Å². The average molecular weight is 329 g/mol. The zero-order valence-electron chi connectivity index (χ0n) is 7.54. The van der Waals surface area contributed by atoms with E-state index < -0.39 is 20.8 Å². The van der Waals surface area contributed by atoms with E-state index in [4.69, 9.17) is 17.0 Å². The van der Waals surface area contributed by atoms with E-state index in [1.165, 1.54) is 0 Å². The van der Waals surface area contributed by atoms with Gasteiger partial charge in [0.15, 0.2) is 0 Å². The number of aryl methyl sites for hydroxylation is 1. The number of hydrogen-bond donors (Lipinski definition) is 1. The summed E-state index contributed by atoms with van der Waals surface area (Å²) in [4.78, 5) is 0. The van der Waals surface area contributed by atoms with Gasteiger partial charge in [-0.05, 0) is 27.9 Å². The molecule has 0 heterocycles. The van der Waals surface area contributed by atoms with Crippen molar-refractivity contribution in [2.45, 2.75) is 6.92 Å². The monoisotopic (exact) mass is 327 g/mol. The van der Waals surface area contributed by atoms with Gasteiger partial charge in [-0.1, -0.05) is 12.1 Å². The number of phenols is 1. The minimum atomic E-state index is -0.826. The Morgan fingerprint density at radius 2 is 2.07 bits per heavy atom. The van der Waals surface area contributed by atoms with Crippen molar-refractivity contribution < 1.29 is 26.0 Å². The molecule has 1 unspecified atom stereocenters. The van der Waals surface area contributed by atoms with Gasteiger partial charge in [-0.15, -0.1) is 0 Å². The fourth-order valence-electron chi connectivity index (χ4n) is 0.866. The average Bonchev–Trinajstić information content (AvgIpc) is 2.15. The first kappa shape index (κ1) is 14.6. The van der Waals surface area contributed by atoms with Crippen LogP contribution in [-0.4, -0.2) is 11.3 Å². The molecular weight excluding hydrogens is 319 g/mol. The summed E-state index contributed by atoms with van der Waals surface area (Å²) in [5, 5.41) is 9.43. The van der Waals surface area contributed by atoms with E-state index in [0.29, 0.717) is 5.75 Å². The molecule has 1 atom stereocenters. The molecule has 1 N–H and O–H groups in total. The summed E-state index contributed by atoms with van der Waals surface area (Å²) in [5.41, 5.74) is 1.62. The molecule has 0 aliphatic rings. The van der Waals surface area contributed by atoms with Crippen molar-refractivity contribution in [3.63, 3.8) is 0 Å². The van der Waals surface area contributed by atoms with Gasteiger partial charge < -0.3 is 5.11 Å². The van der Waals surface area contributed by atoms with Crippen LogP contribution in [0.15, 0.2) is 23.0 Å². The number of nitrogens with zero attached hydrogens (tertiary/aromatic N) is 1. The second kappa shape index (κ2) is 8.86. The van der Waals surface area contributed by atoms with Gasteiger partial charge in [0.2, 0.25) is 0 Å². The Kier molecular flexibility index (Phi) is 9.23. The van der Waals surface area contributed by atoms with Crippen LogP contribution in [0, 0.1) is 6.92 Å². The van der Waals surface area contributed by atoms with E-state index in [0.717, 1.165) is 11.1 Å². The topological polar surface area (TPSA) is 32.6 Å². The van der Waals surface area contributed by atoms with Crippen LogP contribution in [0.3, 0.4) is 0 Å². The quantitative estimate of drug-likeness (QED) is 0.622. The molecule has 76 valence electrons. The van der Waals surface area contributed by atoms with Crippen molar-refractivity contribution in [2.24, 2.45) is 4.76 Å². The van der Waals surface area contributed by atoms with Gasteiger partial charge in [-0.25, -0.2) is 0 Å². The molecule has 6 heteroatoms. The minimum absolute atomic E-state index is 0.304. The first-order valence-corrected chi connectivity index (χ1v) is 10.5. The van der Waals surface area contributed by atoms with Crippen molar-refractivity contribution in [1.82, 2.24) is 0 Å². The van der Waals surface area contributed by atoms with Crippen LogP contribution in [0.1, 0.15) is 11.1 Å². The molecule has 0 amide bonds. The number of phenolic OH excluding ortho intramolecular Hbond substituents is 1. The Bertz CT molecular complexity index is 309. The van der Waals surface area contributed by atoms with Crippen molar-refractivity contribution in [3.8, 4) is 5.75 Å². The van der Waals surface area contributed by atoms with E-state index in [9.17, 15) is 5.11 Å². The zero-order valence-corrected chi connectivity index (χ0v) is 12.7. The Hall–Kier alpha value is 0.583. The van der Waals surface area contributed by atoms with Gasteiger partial charge in [0.05, 0.1) is 0 Å². The summed E-state index contributed by atoms with van der Waals surface area (Å²) in [6.45, 7) is 1.86. The molecule has 1 rings (SSSR count). The second-order valence-corrected chi connectivity index (χ2v) is 6.39. The van der Waals surface area contributed by atoms with Crippen molar-refractivity contribution in [3.05, 3.63) is 29.3 Å². The third kappa shape index (κ3) is 5.46. The molecule has 0 radical (unpaired) electrons. The van der Waals surface area contributed by atoms with Gasteiger partial charge in [-0.3, -0.25) is 4.76 Å². The molecule has 0 aliphatic heterocycles. The standard InChI is InChI=1S/C8H10NOP.2ClH.Zr/c1-6-3-2-4-7(5-9-11)8(6)10;;;/h2-5,10H,11H2,1H3;2*1H;/q;;;+2/p-2. The number of benzene rings is 1. The summed E-state index contributed by atoms with van der Waals surface area (Å²) in [7, 11) is 12.1. The Labute approximate surface area is 105 Å². The second-order valence-electron chi connectivity index (χ2n) is 2.36. The van der Waals surface area contributed by atoms with Gasteiger partial charge >= 0.3 is 37.9 Å². The Morgan fingerprint density at radius 3 is 2.57 bits per heavy atom. The van der Waals surface area contributed by atoms with E-state index in [2.05, 4.69) is 14.2 Å². The van der Waals surface area contributed by atoms with Gasteiger partial charge in [0.25, 0.3) is 0 Å². The fourth-order valence-corrected chi connectivity index (χ4v) is 1.03. The number of halogens is 2. The molecule has 2 nitrogen and oxygen atoms in total. The van der Waals surface area contributed by atoms with E-state index in [1.54, 1.807) is 6.21 Å². The first-order valence-electron chi connectivity index (χ1n) is 3.65. The molecule has 14 heavy (non-hydrogen) atoms. The molecular formula is C8H10Cl2NOPZr. The number of hydrogen-bond acceptors (Lipinski definition) is 2.